The molecule has 9 nitrogen and oxygen atoms in total. The standard InChI is InChI=1S/C9H17N5O4S2/c1-2-12-19(15,16)7-6-13-20(17,18)9-8(14-10)4-3-5-11-9/h3-5,12-14H,2,6-7,10H2,1H3. The Bertz CT molecular complexity index is 644. The van der Waals surface area contributed by atoms with Gasteiger partial charge >= 0.3 is 0 Å². The summed E-state index contributed by atoms with van der Waals surface area (Å²) in [4.78, 5) is 3.71. The SMILES string of the molecule is CCNS(=O)(=O)CCNS(=O)(=O)c1ncccc1NN. The van der Waals surface area contributed by atoms with Gasteiger partial charge in [-0.3, -0.25) is 5.84 Å². The number of pyridine rings is 1. The Labute approximate surface area is 118 Å². The molecule has 0 unspecified atom stereocenters. The van der Waals surface area contributed by atoms with Crippen molar-refractivity contribution in [3.63, 3.8) is 0 Å². The van der Waals surface area contributed by atoms with E-state index >= 15 is 0 Å². The summed E-state index contributed by atoms with van der Waals surface area (Å²) in [6.45, 7) is 1.61. The van der Waals surface area contributed by atoms with E-state index in [0.717, 1.165) is 0 Å². The highest BCUT2D eigenvalue weighted by atomic mass is 32.2. The molecule has 0 aliphatic carbocycles. The van der Waals surface area contributed by atoms with Gasteiger partial charge in [-0.25, -0.2) is 31.3 Å². The third kappa shape index (κ3) is 4.68. The van der Waals surface area contributed by atoms with Crippen molar-refractivity contribution in [3.8, 4) is 0 Å². The van der Waals surface area contributed by atoms with Crippen molar-refractivity contribution >= 4 is 25.7 Å². The maximum Gasteiger partial charge on any atom is 0.260 e. The zero-order chi connectivity index (χ0) is 15.2. The first-order chi connectivity index (χ1) is 9.32. The second kappa shape index (κ2) is 6.95. The first-order valence-electron chi connectivity index (χ1n) is 5.71. The van der Waals surface area contributed by atoms with Crippen LogP contribution in [0.5, 0.6) is 0 Å². The molecule has 1 aromatic heterocycles. The second-order valence-electron chi connectivity index (χ2n) is 3.71. The molecule has 0 saturated carbocycles. The lowest BCUT2D eigenvalue weighted by Gasteiger charge is -2.10. The Morgan fingerprint density at radius 3 is 2.55 bits per heavy atom. The number of hydrazine groups is 1. The molecule has 0 spiro atoms. The molecule has 0 bridgehead atoms. The summed E-state index contributed by atoms with van der Waals surface area (Å²) in [6, 6.07) is 2.96. The van der Waals surface area contributed by atoms with Gasteiger partial charge in [-0.15, -0.1) is 0 Å². The highest BCUT2D eigenvalue weighted by Gasteiger charge is 2.20. The van der Waals surface area contributed by atoms with Gasteiger partial charge in [0.05, 0.1) is 11.4 Å². The fourth-order valence-electron chi connectivity index (χ4n) is 1.39. The van der Waals surface area contributed by atoms with Gasteiger partial charge in [-0.2, -0.15) is 0 Å². The third-order valence-corrected chi connectivity index (χ3v) is 5.10. The molecular weight excluding hydrogens is 306 g/mol. The van der Waals surface area contributed by atoms with E-state index in [9.17, 15) is 16.8 Å². The number of nitrogens with one attached hydrogen (secondary N) is 3. The van der Waals surface area contributed by atoms with Crippen molar-refractivity contribution in [2.24, 2.45) is 5.84 Å². The number of nitrogens with zero attached hydrogens (tertiary/aromatic N) is 1. The molecule has 1 heterocycles. The average Bonchev–Trinajstić information content (AvgIpc) is 2.38. The molecule has 1 rings (SSSR count). The molecule has 1 aromatic rings. The molecular formula is C9H17N5O4S2. The lowest BCUT2D eigenvalue weighted by atomic mass is 10.4. The van der Waals surface area contributed by atoms with Crippen LogP contribution in [-0.2, 0) is 20.0 Å². The zero-order valence-electron chi connectivity index (χ0n) is 10.8. The van der Waals surface area contributed by atoms with Crippen LogP contribution >= 0.6 is 0 Å². The molecule has 0 aliphatic rings. The summed E-state index contributed by atoms with van der Waals surface area (Å²) in [7, 11) is -7.43. The van der Waals surface area contributed by atoms with Crippen LogP contribution in [0.4, 0.5) is 5.69 Å². The molecule has 11 heteroatoms. The molecule has 0 fully saturated rings. The first kappa shape index (κ1) is 16.8. The van der Waals surface area contributed by atoms with Crippen LogP contribution < -0.4 is 20.7 Å². The van der Waals surface area contributed by atoms with Gasteiger partial charge in [0.25, 0.3) is 10.0 Å². The lowest BCUT2D eigenvalue weighted by molar-refractivity contribution is 0.574. The lowest BCUT2D eigenvalue weighted by Crippen LogP contribution is -2.35. The van der Waals surface area contributed by atoms with Gasteiger partial charge in [-0.05, 0) is 12.1 Å². The van der Waals surface area contributed by atoms with E-state index in [2.05, 4.69) is 19.9 Å². The minimum Gasteiger partial charge on any atom is -0.321 e. The predicted octanol–water partition coefficient (Wildman–Crippen LogP) is -1.42. The van der Waals surface area contributed by atoms with E-state index < -0.39 is 20.0 Å². The molecule has 5 N–H and O–H groups in total. The molecule has 114 valence electrons. The Hall–Kier alpha value is -1.27. The number of sulfonamides is 2. The van der Waals surface area contributed by atoms with E-state index in [4.69, 9.17) is 5.84 Å². The summed E-state index contributed by atoms with van der Waals surface area (Å²) in [5.41, 5.74) is 2.34. The smallest absolute Gasteiger partial charge is 0.260 e. The number of hydrogen-bond acceptors (Lipinski definition) is 7. The summed E-state index contributed by atoms with van der Waals surface area (Å²) in [5.74, 6) is 4.83. The van der Waals surface area contributed by atoms with Gasteiger partial charge in [0.15, 0.2) is 5.03 Å². The van der Waals surface area contributed by atoms with Crippen LogP contribution in [-0.4, -0.2) is 40.7 Å². The van der Waals surface area contributed by atoms with Gasteiger partial charge in [-0.1, -0.05) is 6.92 Å². The van der Waals surface area contributed by atoms with Gasteiger partial charge < -0.3 is 5.43 Å². The molecule has 0 radical (unpaired) electrons. The molecule has 20 heavy (non-hydrogen) atoms. The van der Waals surface area contributed by atoms with E-state index in [0.29, 0.717) is 0 Å². The minimum absolute atomic E-state index is 0.120. The van der Waals surface area contributed by atoms with Gasteiger partial charge in [0.2, 0.25) is 10.0 Å². The maximum atomic E-state index is 12.0. The quantitative estimate of drug-likeness (QED) is 0.340. The summed E-state index contributed by atoms with van der Waals surface area (Å²) in [5, 5.41) is -0.289. The third-order valence-electron chi connectivity index (χ3n) is 2.21. The van der Waals surface area contributed by atoms with E-state index in [1.54, 1.807) is 6.92 Å². The maximum absolute atomic E-state index is 12.0. The van der Waals surface area contributed by atoms with Gasteiger partial charge in [0, 0.05) is 19.3 Å². The van der Waals surface area contributed by atoms with Crippen LogP contribution in [0.1, 0.15) is 6.92 Å². The van der Waals surface area contributed by atoms with Crippen LogP contribution in [0.15, 0.2) is 23.4 Å². The molecule has 0 aromatic carbocycles. The topological polar surface area (TPSA) is 143 Å². The van der Waals surface area contributed by atoms with Gasteiger partial charge in [0.1, 0.15) is 0 Å². The number of rotatable bonds is 8. The Morgan fingerprint density at radius 2 is 1.95 bits per heavy atom. The highest BCUT2D eigenvalue weighted by Crippen LogP contribution is 2.15. The van der Waals surface area contributed by atoms with Crippen molar-refractivity contribution in [2.75, 3.05) is 24.3 Å². The van der Waals surface area contributed by atoms with Crippen molar-refractivity contribution in [1.29, 1.82) is 0 Å². The Kier molecular flexibility index (Phi) is 5.83. The van der Waals surface area contributed by atoms with Crippen LogP contribution in [0.2, 0.25) is 0 Å². The summed E-state index contributed by atoms with van der Waals surface area (Å²) in [6.07, 6.45) is 1.30. The largest absolute Gasteiger partial charge is 0.321 e. The molecule has 0 saturated heterocycles. The fraction of sp³-hybridized carbons (Fsp3) is 0.444. The minimum atomic E-state index is -3.94. The zero-order valence-corrected chi connectivity index (χ0v) is 12.5. The van der Waals surface area contributed by atoms with Crippen LogP contribution in [0, 0.1) is 0 Å². The molecule has 0 atom stereocenters. The molecule has 0 aliphatic heterocycles. The molecule has 0 amide bonds. The number of nitrogen functional groups attached to an aromatic ring is 1. The number of aromatic nitrogens is 1. The van der Waals surface area contributed by atoms with Crippen molar-refractivity contribution in [3.05, 3.63) is 18.3 Å². The Balaban J connectivity index is 2.77. The predicted molar refractivity (Wildman–Crippen MR) is 74.7 cm³/mol. The monoisotopic (exact) mass is 323 g/mol. The van der Waals surface area contributed by atoms with Crippen molar-refractivity contribution in [2.45, 2.75) is 11.9 Å². The second-order valence-corrected chi connectivity index (χ2v) is 7.32. The van der Waals surface area contributed by atoms with Crippen LogP contribution in [0.3, 0.4) is 0 Å². The number of hydrogen-bond donors (Lipinski definition) is 4. The normalized spacial score (nSPS) is 12.3. The number of nitrogens with two attached hydrogens (primary N) is 1. The fourth-order valence-corrected chi connectivity index (χ4v) is 3.59. The van der Waals surface area contributed by atoms with Crippen LogP contribution in [0.25, 0.3) is 0 Å². The average molecular weight is 323 g/mol. The summed E-state index contributed by atoms with van der Waals surface area (Å²) >= 11 is 0. The van der Waals surface area contributed by atoms with Crippen molar-refractivity contribution in [1.82, 2.24) is 14.4 Å². The van der Waals surface area contributed by atoms with E-state index in [1.807, 2.05) is 0 Å². The van der Waals surface area contributed by atoms with E-state index in [-0.39, 0.29) is 29.6 Å². The number of anilines is 1. The Morgan fingerprint density at radius 1 is 1.25 bits per heavy atom. The highest BCUT2D eigenvalue weighted by molar-refractivity contribution is 7.90. The van der Waals surface area contributed by atoms with E-state index in [1.165, 1.54) is 18.3 Å². The van der Waals surface area contributed by atoms with Crippen molar-refractivity contribution < 1.29 is 16.8 Å². The summed E-state index contributed by atoms with van der Waals surface area (Å²) < 4.78 is 51.1. The first-order valence-corrected chi connectivity index (χ1v) is 8.84.